The second-order valence-corrected chi connectivity index (χ2v) is 6.10. The molecule has 17 heavy (non-hydrogen) atoms. The molecule has 3 nitrogen and oxygen atoms in total. The van der Waals surface area contributed by atoms with Crippen molar-refractivity contribution in [3.05, 3.63) is 16.6 Å². The van der Waals surface area contributed by atoms with Gasteiger partial charge < -0.3 is 0 Å². The second-order valence-electron chi connectivity index (χ2n) is 5.13. The van der Waals surface area contributed by atoms with Crippen LogP contribution in [-0.2, 0) is 6.42 Å². The van der Waals surface area contributed by atoms with E-state index in [-0.39, 0.29) is 0 Å². The van der Waals surface area contributed by atoms with E-state index in [1.807, 2.05) is 11.7 Å². The Morgan fingerprint density at radius 3 is 2.76 bits per heavy atom. The Morgan fingerprint density at radius 2 is 2.24 bits per heavy atom. The molecular weight excluding hydrogens is 230 g/mol. The molecule has 1 heterocycles. The minimum atomic E-state index is 0.424. The van der Waals surface area contributed by atoms with Gasteiger partial charge in [0.2, 0.25) is 0 Å². The van der Waals surface area contributed by atoms with Gasteiger partial charge >= 0.3 is 0 Å². The second kappa shape index (κ2) is 6.47. The Balaban J connectivity index is 1.86. The number of nitrogens with one attached hydrogen (secondary N) is 1. The maximum atomic E-state index is 5.72. The summed E-state index contributed by atoms with van der Waals surface area (Å²) in [6, 6.07) is 0.424. The Labute approximate surface area is 108 Å². The van der Waals surface area contributed by atoms with Crippen molar-refractivity contribution in [3.8, 4) is 0 Å². The topological polar surface area (TPSA) is 50.9 Å². The van der Waals surface area contributed by atoms with E-state index in [2.05, 4.69) is 17.3 Å². The summed E-state index contributed by atoms with van der Waals surface area (Å²) in [5.74, 6) is 7.41. The molecule has 0 aromatic carbocycles. The Morgan fingerprint density at radius 1 is 1.47 bits per heavy atom. The third kappa shape index (κ3) is 3.50. The molecule has 1 aliphatic rings. The van der Waals surface area contributed by atoms with Crippen molar-refractivity contribution >= 4 is 11.3 Å². The monoisotopic (exact) mass is 253 g/mol. The molecule has 0 spiro atoms. The first-order valence-electron chi connectivity index (χ1n) is 6.67. The van der Waals surface area contributed by atoms with Crippen LogP contribution < -0.4 is 11.3 Å². The number of hydrogen-bond acceptors (Lipinski definition) is 4. The van der Waals surface area contributed by atoms with Gasteiger partial charge in [0.1, 0.15) is 0 Å². The van der Waals surface area contributed by atoms with Crippen LogP contribution in [0.5, 0.6) is 0 Å². The van der Waals surface area contributed by atoms with Crippen molar-refractivity contribution in [1.82, 2.24) is 10.4 Å². The lowest BCUT2D eigenvalue weighted by Gasteiger charge is -2.33. The van der Waals surface area contributed by atoms with E-state index in [9.17, 15) is 0 Å². The summed E-state index contributed by atoms with van der Waals surface area (Å²) in [6.07, 6.45) is 9.74. The van der Waals surface area contributed by atoms with Gasteiger partial charge in [-0.25, -0.2) is 0 Å². The molecule has 1 aromatic rings. The number of hydrazine groups is 1. The third-order valence-corrected chi connectivity index (χ3v) is 4.96. The van der Waals surface area contributed by atoms with E-state index in [1.54, 1.807) is 11.3 Å². The quantitative estimate of drug-likeness (QED) is 0.626. The molecule has 0 bridgehead atoms. The van der Waals surface area contributed by atoms with Gasteiger partial charge in [-0.1, -0.05) is 26.2 Å². The van der Waals surface area contributed by atoms with Crippen LogP contribution in [0.4, 0.5) is 0 Å². The normalized spacial score (nSPS) is 26.9. The first-order valence-corrected chi connectivity index (χ1v) is 7.55. The minimum absolute atomic E-state index is 0.424. The number of thiazole rings is 1. The highest BCUT2D eigenvalue weighted by atomic mass is 32.1. The van der Waals surface area contributed by atoms with E-state index in [4.69, 9.17) is 5.84 Å². The van der Waals surface area contributed by atoms with Crippen LogP contribution in [0, 0.1) is 11.8 Å². The predicted molar refractivity (Wildman–Crippen MR) is 72.7 cm³/mol. The fraction of sp³-hybridized carbons (Fsp3) is 0.769. The zero-order chi connectivity index (χ0) is 12.1. The van der Waals surface area contributed by atoms with Crippen molar-refractivity contribution < 1.29 is 0 Å². The first-order chi connectivity index (χ1) is 8.33. The van der Waals surface area contributed by atoms with Crippen LogP contribution in [0.15, 0.2) is 11.7 Å². The highest BCUT2D eigenvalue weighted by Crippen LogP contribution is 2.33. The minimum Gasteiger partial charge on any atom is -0.271 e. The third-order valence-electron chi connectivity index (χ3n) is 4.16. The van der Waals surface area contributed by atoms with Gasteiger partial charge in [-0.2, -0.15) is 0 Å². The molecule has 1 aliphatic carbocycles. The SMILES string of the molecule is CCC1CCC(C(Cc2cncs2)NN)CC1. The highest BCUT2D eigenvalue weighted by Gasteiger charge is 2.26. The van der Waals surface area contributed by atoms with Gasteiger partial charge in [0, 0.05) is 23.5 Å². The molecule has 1 aromatic heterocycles. The molecule has 2 rings (SSSR count). The van der Waals surface area contributed by atoms with Gasteiger partial charge in [-0.3, -0.25) is 16.3 Å². The van der Waals surface area contributed by atoms with E-state index >= 15 is 0 Å². The van der Waals surface area contributed by atoms with Crippen molar-refractivity contribution in [3.63, 3.8) is 0 Å². The van der Waals surface area contributed by atoms with E-state index in [0.29, 0.717) is 6.04 Å². The summed E-state index contributed by atoms with van der Waals surface area (Å²) >= 11 is 1.73. The average Bonchev–Trinajstić information content (AvgIpc) is 2.89. The molecule has 0 radical (unpaired) electrons. The lowest BCUT2D eigenvalue weighted by atomic mass is 9.77. The summed E-state index contributed by atoms with van der Waals surface area (Å²) in [4.78, 5) is 5.47. The maximum absolute atomic E-state index is 5.72. The zero-order valence-electron chi connectivity index (χ0n) is 10.6. The molecule has 1 fully saturated rings. The van der Waals surface area contributed by atoms with Gasteiger partial charge in [0.05, 0.1) is 5.51 Å². The number of nitrogens with two attached hydrogens (primary N) is 1. The molecule has 96 valence electrons. The zero-order valence-corrected chi connectivity index (χ0v) is 11.4. The van der Waals surface area contributed by atoms with E-state index in [1.165, 1.54) is 37.0 Å². The summed E-state index contributed by atoms with van der Waals surface area (Å²) in [5, 5.41) is 0. The lowest BCUT2D eigenvalue weighted by molar-refractivity contribution is 0.217. The predicted octanol–water partition coefficient (Wildman–Crippen LogP) is 2.73. The molecule has 3 N–H and O–H groups in total. The maximum Gasteiger partial charge on any atom is 0.0794 e. The van der Waals surface area contributed by atoms with Crippen molar-refractivity contribution in [1.29, 1.82) is 0 Å². The molecule has 4 heteroatoms. The first kappa shape index (κ1) is 13.0. The van der Waals surface area contributed by atoms with E-state index in [0.717, 1.165) is 18.3 Å². The standard InChI is InChI=1S/C13H23N3S/c1-2-10-3-5-11(6-4-10)13(16-14)7-12-8-15-9-17-12/h8-11,13,16H,2-7,14H2,1H3. The van der Waals surface area contributed by atoms with Crippen LogP contribution in [0.25, 0.3) is 0 Å². The van der Waals surface area contributed by atoms with Crippen molar-refractivity contribution in [2.75, 3.05) is 0 Å². The number of hydrogen-bond donors (Lipinski definition) is 2. The number of aromatic nitrogens is 1. The van der Waals surface area contributed by atoms with Gasteiger partial charge in [-0.15, -0.1) is 11.3 Å². The van der Waals surface area contributed by atoms with Crippen molar-refractivity contribution in [2.24, 2.45) is 17.7 Å². The molecule has 1 unspecified atom stereocenters. The Bertz CT molecular complexity index is 304. The largest absolute Gasteiger partial charge is 0.271 e. The van der Waals surface area contributed by atoms with Gasteiger partial charge in [-0.05, 0) is 24.7 Å². The summed E-state index contributed by atoms with van der Waals surface area (Å²) in [7, 11) is 0. The Hall–Kier alpha value is -0.450. The Kier molecular flexibility index (Phi) is 4.95. The van der Waals surface area contributed by atoms with Crippen LogP contribution in [0.3, 0.4) is 0 Å². The molecule has 1 saturated carbocycles. The van der Waals surface area contributed by atoms with Gasteiger partial charge in [0.15, 0.2) is 0 Å². The molecule has 0 amide bonds. The van der Waals surface area contributed by atoms with Crippen LogP contribution in [0.1, 0.15) is 43.9 Å². The van der Waals surface area contributed by atoms with E-state index < -0.39 is 0 Å². The summed E-state index contributed by atoms with van der Waals surface area (Å²) in [5.41, 5.74) is 4.92. The summed E-state index contributed by atoms with van der Waals surface area (Å²) in [6.45, 7) is 2.31. The lowest BCUT2D eigenvalue weighted by Crippen LogP contribution is -2.43. The molecule has 0 aliphatic heterocycles. The molecule has 1 atom stereocenters. The summed E-state index contributed by atoms with van der Waals surface area (Å²) < 4.78 is 0. The van der Waals surface area contributed by atoms with Gasteiger partial charge in [0.25, 0.3) is 0 Å². The molecule has 0 saturated heterocycles. The highest BCUT2D eigenvalue weighted by molar-refractivity contribution is 7.09. The fourth-order valence-corrected chi connectivity index (χ4v) is 3.57. The number of rotatable bonds is 5. The molecular formula is C13H23N3S. The van der Waals surface area contributed by atoms with Crippen LogP contribution in [0.2, 0.25) is 0 Å². The average molecular weight is 253 g/mol. The fourth-order valence-electron chi connectivity index (χ4n) is 2.92. The number of nitrogens with zero attached hydrogens (tertiary/aromatic N) is 1. The van der Waals surface area contributed by atoms with Crippen molar-refractivity contribution in [2.45, 2.75) is 51.5 Å². The van der Waals surface area contributed by atoms with Crippen LogP contribution in [-0.4, -0.2) is 11.0 Å². The van der Waals surface area contributed by atoms with Crippen LogP contribution >= 0.6 is 11.3 Å². The smallest absolute Gasteiger partial charge is 0.0794 e.